The number of carbonyl (C=O) groups excluding carboxylic acids is 2. The number of carbonyl (C=O) groups is 2. The highest BCUT2D eigenvalue weighted by Gasteiger charge is 2.19. The molecule has 1 aromatic heterocycles. The Labute approximate surface area is 152 Å². The third-order valence-electron chi connectivity index (χ3n) is 3.99. The summed E-state index contributed by atoms with van der Waals surface area (Å²) in [7, 11) is 0. The number of nitrogens with zero attached hydrogens (tertiary/aromatic N) is 2. The number of nitrogens with one attached hydrogen (secondary N) is 2. The Morgan fingerprint density at radius 1 is 1.24 bits per heavy atom. The molecule has 6 nitrogen and oxygen atoms in total. The molecule has 0 saturated heterocycles. The fourth-order valence-electron chi connectivity index (χ4n) is 2.51. The summed E-state index contributed by atoms with van der Waals surface area (Å²) in [4.78, 5) is 24.0. The fraction of sp³-hybridized carbons (Fsp3) is 0.389. The second-order valence-corrected chi connectivity index (χ2v) is 6.41. The van der Waals surface area contributed by atoms with Gasteiger partial charge in [-0.2, -0.15) is 5.10 Å². The number of amides is 2. The van der Waals surface area contributed by atoms with Crippen molar-refractivity contribution in [1.82, 2.24) is 15.1 Å². The van der Waals surface area contributed by atoms with E-state index in [0.29, 0.717) is 10.8 Å². The minimum atomic E-state index is -0.422. The van der Waals surface area contributed by atoms with Gasteiger partial charge in [0.15, 0.2) is 0 Å². The van der Waals surface area contributed by atoms with Crippen molar-refractivity contribution in [3.63, 3.8) is 0 Å². The summed E-state index contributed by atoms with van der Waals surface area (Å²) in [5.74, 6) is 0.258. The third kappa shape index (κ3) is 5.32. The van der Waals surface area contributed by atoms with E-state index in [2.05, 4.69) is 22.7 Å². The summed E-state index contributed by atoms with van der Waals surface area (Å²) in [6.07, 6.45) is 2.68. The van der Waals surface area contributed by atoms with E-state index in [1.807, 2.05) is 6.92 Å². The maximum absolute atomic E-state index is 12.5. The van der Waals surface area contributed by atoms with Crippen LogP contribution in [0.15, 0.2) is 36.5 Å². The zero-order valence-electron chi connectivity index (χ0n) is 14.6. The molecule has 0 aliphatic carbocycles. The lowest BCUT2D eigenvalue weighted by Gasteiger charge is -2.19. The van der Waals surface area contributed by atoms with Gasteiger partial charge in [0.05, 0.1) is 24.7 Å². The molecule has 0 bridgehead atoms. The van der Waals surface area contributed by atoms with Crippen molar-refractivity contribution in [1.29, 1.82) is 0 Å². The summed E-state index contributed by atoms with van der Waals surface area (Å²) in [5, 5.41) is 10.5. The molecule has 2 unspecified atom stereocenters. The molecule has 1 aromatic carbocycles. The van der Waals surface area contributed by atoms with Crippen LogP contribution >= 0.6 is 11.6 Å². The van der Waals surface area contributed by atoms with Gasteiger partial charge in [-0.3, -0.25) is 9.59 Å². The zero-order valence-corrected chi connectivity index (χ0v) is 15.4. The predicted molar refractivity (Wildman–Crippen MR) is 98.5 cm³/mol. The quantitative estimate of drug-likeness (QED) is 0.788. The Balaban J connectivity index is 2.10. The predicted octanol–water partition coefficient (Wildman–Crippen LogP) is 3.71. The van der Waals surface area contributed by atoms with E-state index in [0.717, 1.165) is 12.0 Å². The summed E-state index contributed by atoms with van der Waals surface area (Å²) >= 11 is 5.91. The fourth-order valence-corrected chi connectivity index (χ4v) is 2.64. The summed E-state index contributed by atoms with van der Waals surface area (Å²) in [6.45, 7) is 5.53. The standard InChI is InChI=1S/C18H23ClN4O2/c1-4-12(2)23-17(9-10-20-23)22-18(25)11-16(21-13(3)24)14-5-7-15(19)8-6-14/h5-10,12,16H,4,11H2,1-3H3,(H,21,24)(H,22,25). The zero-order chi connectivity index (χ0) is 18.4. The van der Waals surface area contributed by atoms with Crippen LogP contribution in [-0.4, -0.2) is 21.6 Å². The molecule has 134 valence electrons. The Bertz CT molecular complexity index is 727. The van der Waals surface area contributed by atoms with E-state index in [1.54, 1.807) is 41.2 Å². The molecule has 7 heteroatoms. The van der Waals surface area contributed by atoms with Gasteiger partial charge in [-0.1, -0.05) is 30.7 Å². The smallest absolute Gasteiger partial charge is 0.227 e. The molecular formula is C18H23ClN4O2. The van der Waals surface area contributed by atoms with Gasteiger partial charge >= 0.3 is 0 Å². The van der Waals surface area contributed by atoms with Crippen LogP contribution in [0.2, 0.25) is 5.02 Å². The van der Waals surface area contributed by atoms with E-state index in [4.69, 9.17) is 11.6 Å². The van der Waals surface area contributed by atoms with Crippen molar-refractivity contribution >= 4 is 29.2 Å². The molecule has 2 N–H and O–H groups in total. The second kappa shape index (κ2) is 8.67. The van der Waals surface area contributed by atoms with E-state index < -0.39 is 6.04 Å². The van der Waals surface area contributed by atoms with E-state index >= 15 is 0 Å². The Kier molecular flexibility index (Phi) is 6.58. The normalized spacial score (nSPS) is 13.1. The highest BCUT2D eigenvalue weighted by molar-refractivity contribution is 6.30. The van der Waals surface area contributed by atoms with E-state index in [9.17, 15) is 9.59 Å². The van der Waals surface area contributed by atoms with Crippen LogP contribution in [0.5, 0.6) is 0 Å². The molecule has 0 aliphatic heterocycles. The Hall–Kier alpha value is -2.34. The van der Waals surface area contributed by atoms with Crippen LogP contribution in [0.4, 0.5) is 5.82 Å². The Morgan fingerprint density at radius 3 is 2.52 bits per heavy atom. The average Bonchev–Trinajstić information content (AvgIpc) is 3.01. The van der Waals surface area contributed by atoms with Crippen molar-refractivity contribution in [2.75, 3.05) is 5.32 Å². The van der Waals surface area contributed by atoms with Crippen molar-refractivity contribution in [2.24, 2.45) is 0 Å². The van der Waals surface area contributed by atoms with Crippen molar-refractivity contribution < 1.29 is 9.59 Å². The third-order valence-corrected chi connectivity index (χ3v) is 4.24. The van der Waals surface area contributed by atoms with Gasteiger partial charge in [-0.15, -0.1) is 0 Å². The van der Waals surface area contributed by atoms with Gasteiger partial charge in [-0.05, 0) is 31.0 Å². The van der Waals surface area contributed by atoms with Crippen LogP contribution < -0.4 is 10.6 Å². The van der Waals surface area contributed by atoms with Crippen LogP contribution in [-0.2, 0) is 9.59 Å². The molecule has 0 saturated carbocycles. The van der Waals surface area contributed by atoms with Gasteiger partial charge in [-0.25, -0.2) is 4.68 Å². The first-order valence-electron chi connectivity index (χ1n) is 8.26. The molecule has 25 heavy (non-hydrogen) atoms. The molecule has 2 amide bonds. The van der Waals surface area contributed by atoms with Crippen LogP contribution in [0.1, 0.15) is 51.3 Å². The average molecular weight is 363 g/mol. The lowest BCUT2D eigenvalue weighted by molar-refractivity contribution is -0.120. The minimum absolute atomic E-state index is 0.118. The number of anilines is 1. The molecule has 1 heterocycles. The monoisotopic (exact) mass is 362 g/mol. The number of halogens is 1. The van der Waals surface area contributed by atoms with Crippen molar-refractivity contribution in [3.05, 3.63) is 47.1 Å². The van der Waals surface area contributed by atoms with E-state index in [1.165, 1.54) is 6.92 Å². The van der Waals surface area contributed by atoms with Gasteiger partial charge in [0.1, 0.15) is 5.82 Å². The van der Waals surface area contributed by atoms with Gasteiger partial charge in [0.25, 0.3) is 0 Å². The lowest BCUT2D eigenvalue weighted by Crippen LogP contribution is -2.30. The first-order chi connectivity index (χ1) is 11.9. The van der Waals surface area contributed by atoms with E-state index in [-0.39, 0.29) is 24.3 Å². The maximum atomic E-state index is 12.5. The molecule has 0 fully saturated rings. The number of hydrogen-bond acceptors (Lipinski definition) is 3. The molecular weight excluding hydrogens is 340 g/mol. The van der Waals surface area contributed by atoms with Crippen molar-refractivity contribution in [3.8, 4) is 0 Å². The van der Waals surface area contributed by atoms with Crippen LogP contribution in [0, 0.1) is 0 Å². The first kappa shape index (κ1) is 19.0. The minimum Gasteiger partial charge on any atom is -0.349 e. The van der Waals surface area contributed by atoms with Gasteiger partial charge in [0, 0.05) is 18.0 Å². The molecule has 0 radical (unpaired) electrons. The molecule has 0 spiro atoms. The second-order valence-electron chi connectivity index (χ2n) is 5.98. The SMILES string of the molecule is CCC(C)n1nccc1NC(=O)CC(NC(C)=O)c1ccc(Cl)cc1. The number of hydrogen-bond donors (Lipinski definition) is 2. The topological polar surface area (TPSA) is 76.0 Å². The molecule has 2 atom stereocenters. The van der Waals surface area contributed by atoms with Crippen LogP contribution in [0.3, 0.4) is 0 Å². The molecule has 2 rings (SSSR count). The molecule has 0 aliphatic rings. The maximum Gasteiger partial charge on any atom is 0.227 e. The summed E-state index contributed by atoms with van der Waals surface area (Å²) in [6, 6.07) is 8.62. The number of rotatable bonds is 7. The highest BCUT2D eigenvalue weighted by Crippen LogP contribution is 2.21. The van der Waals surface area contributed by atoms with Gasteiger partial charge in [0.2, 0.25) is 11.8 Å². The largest absolute Gasteiger partial charge is 0.349 e. The van der Waals surface area contributed by atoms with Crippen molar-refractivity contribution in [2.45, 2.75) is 45.7 Å². The summed E-state index contributed by atoms with van der Waals surface area (Å²) < 4.78 is 1.79. The lowest BCUT2D eigenvalue weighted by atomic mass is 10.0. The highest BCUT2D eigenvalue weighted by atomic mass is 35.5. The first-order valence-corrected chi connectivity index (χ1v) is 8.64. The number of aromatic nitrogens is 2. The number of benzene rings is 1. The van der Waals surface area contributed by atoms with Gasteiger partial charge < -0.3 is 10.6 Å². The van der Waals surface area contributed by atoms with Crippen LogP contribution in [0.25, 0.3) is 0 Å². The molecule has 2 aromatic rings. The Morgan fingerprint density at radius 2 is 1.92 bits per heavy atom. The summed E-state index contributed by atoms with van der Waals surface area (Å²) in [5.41, 5.74) is 0.824.